The zero-order valence-electron chi connectivity index (χ0n) is 16.2. The number of hydrogen-bond acceptors (Lipinski definition) is 6. The molecule has 2 aromatic carbocycles. The van der Waals surface area contributed by atoms with Crippen molar-refractivity contribution in [2.45, 2.75) is 6.04 Å². The summed E-state index contributed by atoms with van der Waals surface area (Å²) in [5.74, 6) is -2.01. The second kappa shape index (κ2) is 8.53. The first kappa shape index (κ1) is 20.5. The van der Waals surface area contributed by atoms with Gasteiger partial charge in [-0.1, -0.05) is 24.8 Å². The Kier molecular flexibility index (Phi) is 5.64. The van der Waals surface area contributed by atoms with Crippen molar-refractivity contribution >= 4 is 33.9 Å². The number of carbonyl (C=O) groups is 2. The van der Waals surface area contributed by atoms with E-state index in [9.17, 15) is 19.1 Å². The second-order valence-corrected chi connectivity index (χ2v) is 7.54. The Balaban J connectivity index is 1.89. The molecule has 6 nitrogen and oxygen atoms in total. The molecular weight excluding hydrogens is 419 g/mol. The Labute approximate surface area is 181 Å². The number of Topliss-reactive ketones (excluding diaryl/α,β-unsaturated/α-hetero) is 1. The summed E-state index contributed by atoms with van der Waals surface area (Å²) < 4.78 is 18.9. The van der Waals surface area contributed by atoms with Crippen molar-refractivity contribution in [2.75, 3.05) is 11.5 Å². The van der Waals surface area contributed by atoms with Gasteiger partial charge in [0.1, 0.15) is 23.9 Å². The van der Waals surface area contributed by atoms with Crippen LogP contribution in [0.25, 0.3) is 5.76 Å². The third-order valence-corrected chi connectivity index (χ3v) is 5.50. The highest BCUT2D eigenvalue weighted by Gasteiger charge is 2.48. The number of aromatic nitrogens is 1. The average molecular weight is 436 g/mol. The molecular formula is C23H17FN2O4S. The zero-order valence-corrected chi connectivity index (χ0v) is 17.0. The van der Waals surface area contributed by atoms with E-state index in [0.29, 0.717) is 16.4 Å². The molecule has 1 aliphatic heterocycles. The van der Waals surface area contributed by atoms with Crippen molar-refractivity contribution in [2.24, 2.45) is 0 Å². The number of ether oxygens (including phenoxy) is 1. The van der Waals surface area contributed by atoms with Gasteiger partial charge in [0, 0.05) is 17.1 Å². The van der Waals surface area contributed by atoms with Gasteiger partial charge in [0.25, 0.3) is 5.78 Å². The Bertz CT molecular complexity index is 1170. The minimum Gasteiger partial charge on any atom is -0.507 e. The fourth-order valence-corrected chi connectivity index (χ4v) is 4.04. The summed E-state index contributed by atoms with van der Waals surface area (Å²) in [6, 6.07) is 11.0. The van der Waals surface area contributed by atoms with Gasteiger partial charge in [-0.15, -0.1) is 11.3 Å². The number of nitrogens with zero attached hydrogens (tertiary/aromatic N) is 2. The van der Waals surface area contributed by atoms with Crippen molar-refractivity contribution in [1.82, 2.24) is 4.98 Å². The molecule has 1 amide bonds. The van der Waals surface area contributed by atoms with Crippen LogP contribution in [0, 0.1) is 5.82 Å². The van der Waals surface area contributed by atoms with Gasteiger partial charge >= 0.3 is 5.91 Å². The first-order valence-electron chi connectivity index (χ1n) is 9.31. The molecule has 3 aromatic rings. The molecule has 0 aliphatic carbocycles. The van der Waals surface area contributed by atoms with Crippen molar-refractivity contribution in [1.29, 1.82) is 0 Å². The lowest BCUT2D eigenvalue weighted by atomic mass is 9.95. The van der Waals surface area contributed by atoms with Crippen LogP contribution in [0.3, 0.4) is 0 Å². The minimum atomic E-state index is -0.927. The number of carbonyl (C=O) groups excluding carboxylic acids is 2. The first-order chi connectivity index (χ1) is 15.0. The van der Waals surface area contributed by atoms with Gasteiger partial charge in [-0.2, -0.15) is 0 Å². The maximum atomic E-state index is 13.3. The first-order valence-corrected chi connectivity index (χ1v) is 10.2. The molecule has 1 unspecified atom stereocenters. The van der Waals surface area contributed by atoms with Crippen LogP contribution in [0.2, 0.25) is 0 Å². The smallest absolute Gasteiger partial charge is 0.301 e. The zero-order chi connectivity index (χ0) is 22.0. The summed E-state index contributed by atoms with van der Waals surface area (Å²) in [5, 5.41) is 13.0. The Morgan fingerprint density at radius 1 is 1.26 bits per heavy atom. The molecule has 1 N–H and O–H groups in total. The molecule has 0 bridgehead atoms. The molecule has 1 aromatic heterocycles. The molecule has 4 rings (SSSR count). The molecule has 1 aliphatic rings. The Morgan fingerprint density at radius 2 is 2.03 bits per heavy atom. The van der Waals surface area contributed by atoms with Gasteiger partial charge in [-0.05, 0) is 42.0 Å². The van der Waals surface area contributed by atoms with Crippen LogP contribution in [0.5, 0.6) is 5.75 Å². The summed E-state index contributed by atoms with van der Waals surface area (Å²) in [4.78, 5) is 31.4. The monoisotopic (exact) mass is 436 g/mol. The number of halogens is 1. The topological polar surface area (TPSA) is 79.7 Å². The molecule has 0 spiro atoms. The van der Waals surface area contributed by atoms with Crippen molar-refractivity contribution < 1.29 is 23.8 Å². The van der Waals surface area contributed by atoms with E-state index < -0.39 is 23.5 Å². The summed E-state index contributed by atoms with van der Waals surface area (Å²) >= 11 is 1.20. The number of rotatable bonds is 6. The lowest BCUT2D eigenvalue weighted by Crippen LogP contribution is -2.29. The van der Waals surface area contributed by atoms with Gasteiger partial charge < -0.3 is 9.84 Å². The maximum Gasteiger partial charge on any atom is 0.301 e. The van der Waals surface area contributed by atoms with Gasteiger partial charge in [-0.25, -0.2) is 9.37 Å². The Hall–Kier alpha value is -3.78. The minimum absolute atomic E-state index is 0.104. The van der Waals surface area contributed by atoms with Crippen molar-refractivity contribution in [3.05, 3.63) is 95.3 Å². The number of hydrogen-bond donors (Lipinski definition) is 1. The summed E-state index contributed by atoms with van der Waals surface area (Å²) in [7, 11) is 0. The summed E-state index contributed by atoms with van der Waals surface area (Å²) in [6.45, 7) is 3.90. The lowest BCUT2D eigenvalue weighted by molar-refractivity contribution is -0.132. The van der Waals surface area contributed by atoms with E-state index in [2.05, 4.69) is 11.6 Å². The fraction of sp³-hybridized carbons (Fsp3) is 0.0870. The normalized spacial score (nSPS) is 17.7. The number of thiazole rings is 1. The van der Waals surface area contributed by atoms with Crippen molar-refractivity contribution in [3.63, 3.8) is 0 Å². The SMILES string of the molecule is C=CCOc1cccc(C2C(=C(O)c3ccc(F)cc3)C(=O)C(=O)N2c2nccs2)c1. The summed E-state index contributed by atoms with van der Waals surface area (Å²) in [5.41, 5.74) is 0.676. The van der Waals surface area contributed by atoms with E-state index in [1.807, 2.05) is 0 Å². The van der Waals surface area contributed by atoms with Crippen LogP contribution in [0.1, 0.15) is 17.2 Å². The maximum absolute atomic E-state index is 13.3. The average Bonchev–Trinajstić information content (AvgIpc) is 3.39. The van der Waals surface area contributed by atoms with E-state index in [1.54, 1.807) is 35.7 Å². The van der Waals surface area contributed by atoms with Gasteiger partial charge in [0.2, 0.25) is 0 Å². The molecule has 0 saturated carbocycles. The second-order valence-electron chi connectivity index (χ2n) is 6.66. The van der Waals surface area contributed by atoms with Gasteiger partial charge in [0.05, 0.1) is 11.6 Å². The third-order valence-electron chi connectivity index (χ3n) is 4.73. The van der Waals surface area contributed by atoms with E-state index >= 15 is 0 Å². The predicted octanol–water partition coefficient (Wildman–Crippen LogP) is 4.47. The number of benzene rings is 2. The summed E-state index contributed by atoms with van der Waals surface area (Å²) in [6.07, 6.45) is 3.13. The largest absolute Gasteiger partial charge is 0.507 e. The number of aliphatic hydroxyl groups is 1. The van der Waals surface area contributed by atoms with Crippen molar-refractivity contribution in [3.8, 4) is 5.75 Å². The lowest BCUT2D eigenvalue weighted by Gasteiger charge is -2.23. The molecule has 0 radical (unpaired) electrons. The fourth-order valence-electron chi connectivity index (χ4n) is 3.37. The van der Waals surface area contributed by atoms with Crippen LogP contribution >= 0.6 is 11.3 Å². The van der Waals surface area contributed by atoms with Crippen LogP contribution in [0.4, 0.5) is 9.52 Å². The highest BCUT2D eigenvalue weighted by atomic mass is 32.1. The molecule has 1 atom stereocenters. The van der Waals surface area contributed by atoms with E-state index in [-0.39, 0.29) is 23.5 Å². The Morgan fingerprint density at radius 3 is 2.71 bits per heavy atom. The predicted molar refractivity (Wildman–Crippen MR) is 115 cm³/mol. The number of anilines is 1. The molecule has 8 heteroatoms. The third kappa shape index (κ3) is 3.85. The highest BCUT2D eigenvalue weighted by molar-refractivity contribution is 7.14. The number of amides is 1. The van der Waals surface area contributed by atoms with E-state index in [1.165, 1.54) is 46.7 Å². The highest BCUT2D eigenvalue weighted by Crippen LogP contribution is 2.43. The molecule has 156 valence electrons. The van der Waals surface area contributed by atoms with Crippen LogP contribution < -0.4 is 9.64 Å². The number of ketones is 1. The van der Waals surface area contributed by atoms with Crippen LogP contribution in [-0.4, -0.2) is 28.4 Å². The molecule has 2 heterocycles. The quantitative estimate of drug-likeness (QED) is 0.267. The van der Waals surface area contributed by atoms with Crippen LogP contribution in [-0.2, 0) is 9.59 Å². The molecule has 1 fully saturated rings. The molecule has 31 heavy (non-hydrogen) atoms. The van der Waals surface area contributed by atoms with E-state index in [0.717, 1.165) is 0 Å². The van der Waals surface area contributed by atoms with Gasteiger partial charge in [0.15, 0.2) is 5.13 Å². The number of aliphatic hydroxyl groups excluding tert-OH is 1. The van der Waals surface area contributed by atoms with E-state index in [4.69, 9.17) is 4.74 Å². The molecule has 1 saturated heterocycles. The van der Waals surface area contributed by atoms with Crippen LogP contribution in [0.15, 0.2) is 78.3 Å². The van der Waals surface area contributed by atoms with Gasteiger partial charge in [-0.3, -0.25) is 14.5 Å². The standard InChI is InChI=1S/C23H17FN2O4S/c1-2-11-30-17-5-3-4-15(13-17)19-18(20(27)14-6-8-16(24)9-7-14)21(28)22(29)26(19)23-25-10-12-31-23/h2-10,12-13,19,27H,1,11H2.